The van der Waals surface area contributed by atoms with E-state index in [0.29, 0.717) is 79.2 Å². The maximum absolute atomic E-state index is 5.76. The smallest absolute Gasteiger partial charge is 0.0981 e. The Balaban J connectivity index is 2.25. The second kappa shape index (κ2) is 15.2. The van der Waals surface area contributed by atoms with Crippen molar-refractivity contribution >= 4 is 17.2 Å². The summed E-state index contributed by atoms with van der Waals surface area (Å²) in [5.74, 6) is 0. The lowest BCUT2D eigenvalue weighted by Crippen LogP contribution is -2.35. The highest BCUT2D eigenvalue weighted by Gasteiger charge is 2.09. The molecule has 0 radical (unpaired) electrons. The van der Waals surface area contributed by atoms with Gasteiger partial charge in [0, 0.05) is 6.54 Å². The predicted octanol–water partition coefficient (Wildman–Crippen LogP) is 0.405. The molecule has 1 unspecified atom stereocenters. The summed E-state index contributed by atoms with van der Waals surface area (Å²) in [6.07, 6.45) is -0.0741. The molecule has 0 aromatic rings. The molecule has 0 aromatic heterocycles. The maximum Gasteiger partial charge on any atom is 0.0981 e. The minimum atomic E-state index is -0.0741. The summed E-state index contributed by atoms with van der Waals surface area (Å²) in [6, 6.07) is 0. The van der Waals surface area contributed by atoms with Gasteiger partial charge in [-0.2, -0.15) is 0 Å². The molecule has 1 atom stereocenters. The maximum atomic E-state index is 5.76. The molecular formula is C15H29NO6S. The van der Waals surface area contributed by atoms with Crippen LogP contribution in [0.2, 0.25) is 0 Å². The first-order valence-electron chi connectivity index (χ1n) is 8.04. The van der Waals surface area contributed by atoms with Crippen molar-refractivity contribution in [3.63, 3.8) is 0 Å². The summed E-state index contributed by atoms with van der Waals surface area (Å²) in [6.45, 7) is 8.38. The quantitative estimate of drug-likeness (QED) is 0.718. The van der Waals surface area contributed by atoms with E-state index in [4.69, 9.17) is 40.6 Å². The van der Waals surface area contributed by atoms with Crippen LogP contribution in [0.15, 0.2) is 0 Å². The van der Waals surface area contributed by atoms with Gasteiger partial charge >= 0.3 is 0 Å². The van der Waals surface area contributed by atoms with Crippen molar-refractivity contribution in [3.05, 3.63) is 0 Å². The predicted molar refractivity (Wildman–Crippen MR) is 90.1 cm³/mol. The van der Waals surface area contributed by atoms with Gasteiger partial charge in [0.1, 0.15) is 0 Å². The van der Waals surface area contributed by atoms with E-state index in [0.717, 1.165) is 4.99 Å². The second-order valence-electron chi connectivity index (χ2n) is 4.95. The zero-order valence-electron chi connectivity index (χ0n) is 13.9. The monoisotopic (exact) mass is 351 g/mol. The van der Waals surface area contributed by atoms with Crippen molar-refractivity contribution in [2.75, 3.05) is 79.2 Å². The van der Waals surface area contributed by atoms with E-state index >= 15 is 0 Å². The molecule has 1 aliphatic rings. The molecule has 1 N–H and O–H groups in total. The van der Waals surface area contributed by atoms with E-state index in [1.54, 1.807) is 0 Å². The van der Waals surface area contributed by atoms with E-state index < -0.39 is 0 Å². The van der Waals surface area contributed by atoms with Crippen LogP contribution < -0.4 is 5.32 Å². The highest BCUT2D eigenvalue weighted by molar-refractivity contribution is 7.80. The van der Waals surface area contributed by atoms with E-state index in [9.17, 15) is 0 Å². The van der Waals surface area contributed by atoms with Gasteiger partial charge in [-0.25, -0.2) is 0 Å². The Bertz CT molecular complexity index is 277. The van der Waals surface area contributed by atoms with Crippen LogP contribution in [0.3, 0.4) is 0 Å². The number of rotatable bonds is 2. The number of hydrogen-bond donors (Lipinski definition) is 1. The lowest BCUT2D eigenvalue weighted by Gasteiger charge is -2.19. The van der Waals surface area contributed by atoms with E-state index in [2.05, 4.69) is 5.32 Å². The van der Waals surface area contributed by atoms with Gasteiger partial charge in [-0.1, -0.05) is 12.2 Å². The third-order valence-electron chi connectivity index (χ3n) is 2.95. The lowest BCUT2D eigenvalue weighted by atomic mass is 10.3. The summed E-state index contributed by atoms with van der Waals surface area (Å²) in [7, 11) is 0. The fraction of sp³-hybridized carbons (Fsp3) is 0.933. The topological polar surface area (TPSA) is 67.4 Å². The Hall–Kier alpha value is -0.350. The Morgan fingerprint density at radius 1 is 0.783 bits per heavy atom. The van der Waals surface area contributed by atoms with Crippen LogP contribution in [-0.4, -0.2) is 90.3 Å². The largest absolute Gasteiger partial charge is 0.377 e. The average Bonchev–Trinajstić information content (AvgIpc) is 2.53. The van der Waals surface area contributed by atoms with Gasteiger partial charge in [0.25, 0.3) is 0 Å². The molecule has 0 spiro atoms. The molecule has 0 bridgehead atoms. The van der Waals surface area contributed by atoms with Gasteiger partial charge in [0.05, 0.1) is 83.8 Å². The Kier molecular flexibility index (Phi) is 13.7. The molecular weight excluding hydrogens is 322 g/mol. The van der Waals surface area contributed by atoms with Crippen molar-refractivity contribution in [2.45, 2.75) is 13.0 Å². The lowest BCUT2D eigenvalue weighted by molar-refractivity contribution is -0.0584. The first-order chi connectivity index (χ1) is 11.3. The van der Waals surface area contributed by atoms with Crippen LogP contribution in [0.1, 0.15) is 6.92 Å². The van der Waals surface area contributed by atoms with Crippen molar-refractivity contribution in [1.29, 1.82) is 0 Å². The molecule has 0 amide bonds. The van der Waals surface area contributed by atoms with E-state index in [1.165, 1.54) is 0 Å². The molecule has 1 heterocycles. The van der Waals surface area contributed by atoms with Gasteiger partial charge in [-0.15, -0.1) is 0 Å². The summed E-state index contributed by atoms with van der Waals surface area (Å²) < 4.78 is 33.0. The first kappa shape index (κ1) is 20.7. The molecule has 136 valence electrons. The fourth-order valence-electron chi connectivity index (χ4n) is 1.79. The Labute approximate surface area is 143 Å². The van der Waals surface area contributed by atoms with Gasteiger partial charge in [-0.05, 0) is 6.92 Å². The van der Waals surface area contributed by atoms with Gasteiger partial charge < -0.3 is 33.7 Å². The minimum absolute atomic E-state index is 0.0741. The first-order valence-corrected chi connectivity index (χ1v) is 8.44. The molecule has 8 heteroatoms. The Morgan fingerprint density at radius 3 is 1.70 bits per heavy atom. The minimum Gasteiger partial charge on any atom is -0.377 e. The van der Waals surface area contributed by atoms with Crippen LogP contribution in [0, 0.1) is 0 Å². The number of hydrogen-bond acceptors (Lipinski definition) is 7. The zero-order chi connectivity index (χ0) is 16.6. The molecule has 1 aliphatic heterocycles. The number of thiocarbonyl (C=S) groups is 1. The standard InChI is InChI=1S/C15H29NO6S/c1-14(23)16-12-15-13-21-9-8-19-5-4-17-2-3-18-6-7-20-10-11-22-15/h15H,2-13H2,1H3,(H,16,23). The SMILES string of the molecule is CC(=S)NCC1COCCOCCOCCOCCOCCO1. The van der Waals surface area contributed by atoms with Crippen molar-refractivity contribution in [2.24, 2.45) is 0 Å². The average molecular weight is 351 g/mol. The second-order valence-corrected chi connectivity index (χ2v) is 5.57. The summed E-state index contributed by atoms with van der Waals surface area (Å²) >= 11 is 5.02. The van der Waals surface area contributed by atoms with Crippen LogP contribution >= 0.6 is 12.2 Å². The molecule has 1 rings (SSSR count). The molecule has 1 saturated heterocycles. The van der Waals surface area contributed by atoms with Crippen LogP contribution in [0.25, 0.3) is 0 Å². The van der Waals surface area contributed by atoms with Gasteiger partial charge in [0.2, 0.25) is 0 Å². The normalized spacial score (nSPS) is 24.3. The molecule has 7 nitrogen and oxygen atoms in total. The summed E-state index contributed by atoms with van der Waals surface area (Å²) in [5.41, 5.74) is 0. The Morgan fingerprint density at radius 2 is 1.22 bits per heavy atom. The summed E-state index contributed by atoms with van der Waals surface area (Å²) in [4.78, 5) is 0.741. The molecule has 1 fully saturated rings. The van der Waals surface area contributed by atoms with Crippen LogP contribution in [-0.2, 0) is 28.4 Å². The third-order valence-corrected chi connectivity index (χ3v) is 3.10. The van der Waals surface area contributed by atoms with Crippen molar-refractivity contribution in [3.8, 4) is 0 Å². The van der Waals surface area contributed by atoms with E-state index in [1.807, 2.05) is 6.92 Å². The third kappa shape index (κ3) is 13.8. The number of nitrogens with one attached hydrogen (secondary N) is 1. The van der Waals surface area contributed by atoms with Gasteiger partial charge in [-0.3, -0.25) is 0 Å². The molecule has 0 aliphatic carbocycles. The van der Waals surface area contributed by atoms with Crippen molar-refractivity contribution in [1.82, 2.24) is 5.32 Å². The highest BCUT2D eigenvalue weighted by Crippen LogP contribution is 1.95. The van der Waals surface area contributed by atoms with Crippen LogP contribution in [0.4, 0.5) is 0 Å². The number of ether oxygens (including phenoxy) is 6. The molecule has 0 aromatic carbocycles. The van der Waals surface area contributed by atoms with E-state index in [-0.39, 0.29) is 6.10 Å². The molecule has 0 saturated carbocycles. The molecule has 23 heavy (non-hydrogen) atoms. The van der Waals surface area contributed by atoms with Gasteiger partial charge in [0.15, 0.2) is 0 Å². The summed E-state index contributed by atoms with van der Waals surface area (Å²) in [5, 5.41) is 3.10. The fourth-order valence-corrected chi connectivity index (χ4v) is 1.87. The van der Waals surface area contributed by atoms with Crippen molar-refractivity contribution < 1.29 is 28.4 Å². The zero-order valence-corrected chi connectivity index (χ0v) is 14.7. The van der Waals surface area contributed by atoms with Crippen LogP contribution in [0.5, 0.6) is 0 Å². The highest BCUT2D eigenvalue weighted by atomic mass is 32.1.